The third-order valence-corrected chi connectivity index (χ3v) is 5.72. The standard InChI is InChI=1S/C29H45NO8/c1-7-8-9-26(31)36-17-16-30-23(29(34)35-6)18-22-12-13-24(37-27(32)14-10-20(2)3)25(19-22)38-28(33)15-11-21(4)5/h12-13,19-21,23,30H,7-11,14-18H2,1-6H3/t23-/m0/s1. The maximum atomic E-state index is 12.5. The lowest BCUT2D eigenvalue weighted by Gasteiger charge is -2.18. The molecule has 0 aliphatic heterocycles. The molecule has 0 saturated heterocycles. The second-order valence-electron chi connectivity index (χ2n) is 10.2. The Hall–Kier alpha value is -2.94. The number of rotatable bonds is 18. The first-order valence-electron chi connectivity index (χ1n) is 13.6. The molecule has 0 heterocycles. The van der Waals surface area contributed by atoms with E-state index in [0.717, 1.165) is 12.8 Å². The van der Waals surface area contributed by atoms with Crippen LogP contribution < -0.4 is 14.8 Å². The Balaban J connectivity index is 2.96. The fourth-order valence-corrected chi connectivity index (χ4v) is 3.41. The molecule has 0 fully saturated rings. The Labute approximate surface area is 226 Å². The highest BCUT2D eigenvalue weighted by Gasteiger charge is 2.22. The summed E-state index contributed by atoms with van der Waals surface area (Å²) < 4.78 is 21.2. The van der Waals surface area contributed by atoms with Crippen LogP contribution in [0.4, 0.5) is 0 Å². The fraction of sp³-hybridized carbons (Fsp3) is 0.655. The summed E-state index contributed by atoms with van der Waals surface area (Å²) in [6, 6.07) is 4.15. The monoisotopic (exact) mass is 535 g/mol. The summed E-state index contributed by atoms with van der Waals surface area (Å²) in [4.78, 5) is 48.9. The van der Waals surface area contributed by atoms with Gasteiger partial charge in [0.25, 0.3) is 0 Å². The summed E-state index contributed by atoms with van der Waals surface area (Å²) in [5, 5.41) is 3.05. The van der Waals surface area contributed by atoms with Crippen LogP contribution in [0.2, 0.25) is 0 Å². The van der Waals surface area contributed by atoms with E-state index in [0.29, 0.717) is 36.7 Å². The van der Waals surface area contributed by atoms with E-state index in [2.05, 4.69) is 5.32 Å². The van der Waals surface area contributed by atoms with Crippen LogP contribution in [-0.4, -0.2) is 50.2 Å². The molecule has 214 valence electrons. The minimum Gasteiger partial charge on any atom is -0.468 e. The average Bonchev–Trinajstić information content (AvgIpc) is 2.87. The van der Waals surface area contributed by atoms with Crippen molar-refractivity contribution < 1.29 is 38.1 Å². The molecule has 0 bridgehead atoms. The molecule has 0 radical (unpaired) electrons. The third kappa shape index (κ3) is 14.1. The smallest absolute Gasteiger partial charge is 0.323 e. The molecule has 0 spiro atoms. The Morgan fingerprint density at radius 3 is 2.00 bits per heavy atom. The van der Waals surface area contributed by atoms with E-state index in [-0.39, 0.29) is 49.9 Å². The Morgan fingerprint density at radius 1 is 0.842 bits per heavy atom. The van der Waals surface area contributed by atoms with Crippen LogP contribution in [0.15, 0.2) is 18.2 Å². The van der Waals surface area contributed by atoms with Crippen molar-refractivity contribution in [2.24, 2.45) is 11.8 Å². The summed E-state index contributed by atoms with van der Waals surface area (Å²) >= 11 is 0. The maximum absolute atomic E-state index is 12.5. The largest absolute Gasteiger partial charge is 0.468 e. The summed E-state index contributed by atoms with van der Waals surface area (Å²) in [7, 11) is 1.30. The normalized spacial score (nSPS) is 11.8. The van der Waals surface area contributed by atoms with Gasteiger partial charge in [0.1, 0.15) is 12.6 Å². The molecule has 38 heavy (non-hydrogen) atoms. The summed E-state index contributed by atoms with van der Waals surface area (Å²) in [5.41, 5.74) is 0.668. The van der Waals surface area contributed by atoms with Gasteiger partial charge in [-0.15, -0.1) is 0 Å². The van der Waals surface area contributed by atoms with Gasteiger partial charge in [-0.3, -0.25) is 19.2 Å². The topological polar surface area (TPSA) is 117 Å². The molecule has 1 rings (SSSR count). The van der Waals surface area contributed by atoms with Crippen LogP contribution >= 0.6 is 0 Å². The van der Waals surface area contributed by atoms with Gasteiger partial charge in [0.2, 0.25) is 0 Å². The van der Waals surface area contributed by atoms with E-state index < -0.39 is 23.9 Å². The molecule has 9 heteroatoms. The summed E-state index contributed by atoms with van der Waals surface area (Å²) in [6.07, 6.45) is 4.08. The number of unbranched alkanes of at least 4 members (excludes halogenated alkanes) is 1. The Bertz CT molecular complexity index is 897. The first kappa shape index (κ1) is 33.1. The van der Waals surface area contributed by atoms with Crippen molar-refractivity contribution in [2.45, 2.75) is 92.0 Å². The van der Waals surface area contributed by atoms with Crippen LogP contribution in [-0.2, 0) is 35.1 Å². The number of hydrogen-bond acceptors (Lipinski definition) is 9. The zero-order valence-electron chi connectivity index (χ0n) is 23.8. The van der Waals surface area contributed by atoms with Gasteiger partial charge < -0.3 is 24.3 Å². The van der Waals surface area contributed by atoms with E-state index in [9.17, 15) is 19.2 Å². The molecule has 0 aliphatic carbocycles. The lowest BCUT2D eigenvalue weighted by atomic mass is 10.0. The third-order valence-electron chi connectivity index (χ3n) is 5.72. The van der Waals surface area contributed by atoms with E-state index >= 15 is 0 Å². The minimum absolute atomic E-state index is 0.125. The number of benzene rings is 1. The highest BCUT2D eigenvalue weighted by molar-refractivity contribution is 5.77. The molecular formula is C29H45NO8. The van der Waals surface area contributed by atoms with Crippen LogP contribution in [0.3, 0.4) is 0 Å². The van der Waals surface area contributed by atoms with Crippen molar-refractivity contribution >= 4 is 23.9 Å². The second kappa shape index (κ2) is 18.3. The lowest BCUT2D eigenvalue weighted by molar-refractivity contribution is -0.144. The molecular weight excluding hydrogens is 490 g/mol. The molecule has 1 aromatic carbocycles. The number of carbonyl (C=O) groups excluding carboxylic acids is 4. The summed E-state index contributed by atoms with van der Waals surface area (Å²) in [6.45, 7) is 10.5. The van der Waals surface area contributed by atoms with E-state index in [1.807, 2.05) is 34.6 Å². The summed E-state index contributed by atoms with van der Waals surface area (Å²) in [5.74, 6) is -0.630. The maximum Gasteiger partial charge on any atom is 0.323 e. The van der Waals surface area contributed by atoms with Crippen LogP contribution in [0, 0.1) is 11.8 Å². The van der Waals surface area contributed by atoms with Gasteiger partial charge >= 0.3 is 23.9 Å². The van der Waals surface area contributed by atoms with Crippen LogP contribution in [0.1, 0.15) is 85.1 Å². The van der Waals surface area contributed by atoms with Crippen molar-refractivity contribution in [1.82, 2.24) is 5.32 Å². The van der Waals surface area contributed by atoms with Crippen molar-refractivity contribution in [1.29, 1.82) is 0 Å². The van der Waals surface area contributed by atoms with E-state index in [4.69, 9.17) is 18.9 Å². The molecule has 1 atom stereocenters. The predicted molar refractivity (Wildman–Crippen MR) is 144 cm³/mol. The van der Waals surface area contributed by atoms with E-state index in [1.165, 1.54) is 7.11 Å². The molecule has 0 aromatic heterocycles. The second-order valence-corrected chi connectivity index (χ2v) is 10.2. The number of methoxy groups -OCH3 is 1. The average molecular weight is 536 g/mol. The number of esters is 4. The van der Waals surface area contributed by atoms with Gasteiger partial charge in [0.15, 0.2) is 11.5 Å². The number of ether oxygens (including phenoxy) is 4. The van der Waals surface area contributed by atoms with Gasteiger partial charge in [-0.2, -0.15) is 0 Å². The molecule has 0 amide bonds. The predicted octanol–water partition coefficient (Wildman–Crippen LogP) is 4.78. The van der Waals surface area contributed by atoms with Gasteiger partial charge in [0, 0.05) is 25.8 Å². The molecule has 1 aromatic rings. The van der Waals surface area contributed by atoms with Crippen molar-refractivity contribution in [3.05, 3.63) is 23.8 Å². The minimum atomic E-state index is -0.724. The SMILES string of the molecule is CCCCC(=O)OCCN[C@@H](Cc1ccc(OC(=O)CCC(C)C)c(OC(=O)CCC(C)C)c1)C(=O)OC. The van der Waals surface area contributed by atoms with Gasteiger partial charge in [0.05, 0.1) is 7.11 Å². The van der Waals surface area contributed by atoms with Gasteiger partial charge in [-0.1, -0.05) is 47.1 Å². The number of hydrogen-bond donors (Lipinski definition) is 1. The lowest BCUT2D eigenvalue weighted by Crippen LogP contribution is -2.41. The molecule has 1 N–H and O–H groups in total. The zero-order valence-corrected chi connectivity index (χ0v) is 23.8. The molecule has 9 nitrogen and oxygen atoms in total. The zero-order chi connectivity index (χ0) is 28.5. The molecule has 0 aliphatic rings. The van der Waals surface area contributed by atoms with Crippen molar-refractivity contribution in [3.8, 4) is 11.5 Å². The highest BCUT2D eigenvalue weighted by Crippen LogP contribution is 2.30. The Morgan fingerprint density at radius 2 is 1.45 bits per heavy atom. The van der Waals surface area contributed by atoms with Crippen molar-refractivity contribution in [3.63, 3.8) is 0 Å². The van der Waals surface area contributed by atoms with Gasteiger partial charge in [-0.25, -0.2) is 0 Å². The van der Waals surface area contributed by atoms with E-state index in [1.54, 1.807) is 18.2 Å². The molecule has 0 unspecified atom stereocenters. The highest BCUT2D eigenvalue weighted by atomic mass is 16.6. The van der Waals surface area contributed by atoms with Gasteiger partial charge in [-0.05, 0) is 55.2 Å². The number of carbonyl (C=O) groups is 4. The quantitative estimate of drug-likeness (QED) is 0.161. The fourth-order valence-electron chi connectivity index (χ4n) is 3.41. The van der Waals surface area contributed by atoms with Crippen LogP contribution in [0.5, 0.6) is 11.5 Å². The van der Waals surface area contributed by atoms with Crippen molar-refractivity contribution in [2.75, 3.05) is 20.3 Å². The molecule has 0 saturated carbocycles. The number of nitrogens with one attached hydrogen (secondary N) is 1. The Kier molecular flexibility index (Phi) is 16.0. The van der Waals surface area contributed by atoms with Crippen LogP contribution in [0.25, 0.3) is 0 Å². The first-order valence-corrected chi connectivity index (χ1v) is 13.6. The first-order chi connectivity index (χ1) is 18.0.